The van der Waals surface area contributed by atoms with E-state index in [1.165, 1.54) is 12.1 Å². The van der Waals surface area contributed by atoms with Crippen molar-refractivity contribution in [2.75, 3.05) is 19.6 Å². The molecule has 1 fully saturated rings. The SMILES string of the molecule is CCCN(C(=O)c1ccn(-c2ccc(F)cc2)n1)C1CCNCC1.Cl. The van der Waals surface area contributed by atoms with E-state index in [2.05, 4.69) is 17.3 Å². The number of aromatic nitrogens is 2. The van der Waals surface area contributed by atoms with Gasteiger partial charge in [0.2, 0.25) is 0 Å². The zero-order valence-electron chi connectivity index (χ0n) is 14.3. The van der Waals surface area contributed by atoms with Crippen LogP contribution in [0.4, 0.5) is 4.39 Å². The van der Waals surface area contributed by atoms with Crippen LogP contribution in [0.25, 0.3) is 5.69 Å². The lowest BCUT2D eigenvalue weighted by atomic mass is 10.0. The first-order valence-corrected chi connectivity index (χ1v) is 8.52. The van der Waals surface area contributed by atoms with Gasteiger partial charge >= 0.3 is 0 Å². The number of nitrogens with one attached hydrogen (secondary N) is 1. The lowest BCUT2D eigenvalue weighted by Crippen LogP contribution is -2.46. The molecule has 0 spiro atoms. The summed E-state index contributed by atoms with van der Waals surface area (Å²) in [5, 5.41) is 7.73. The highest BCUT2D eigenvalue weighted by Crippen LogP contribution is 2.16. The predicted molar refractivity (Wildman–Crippen MR) is 98.0 cm³/mol. The first-order chi connectivity index (χ1) is 11.7. The van der Waals surface area contributed by atoms with Gasteiger partial charge in [-0.05, 0) is 62.7 Å². The van der Waals surface area contributed by atoms with Crippen molar-refractivity contribution in [1.29, 1.82) is 0 Å². The minimum Gasteiger partial charge on any atom is -0.334 e. The normalized spacial score (nSPS) is 14.8. The Morgan fingerprint density at radius 3 is 2.60 bits per heavy atom. The molecule has 2 aromatic rings. The van der Waals surface area contributed by atoms with Crippen LogP contribution in [0.2, 0.25) is 0 Å². The second-order valence-corrected chi connectivity index (χ2v) is 6.10. The smallest absolute Gasteiger partial charge is 0.274 e. The average molecular weight is 367 g/mol. The van der Waals surface area contributed by atoms with Crippen LogP contribution in [0.15, 0.2) is 36.5 Å². The van der Waals surface area contributed by atoms with E-state index in [0.717, 1.165) is 44.6 Å². The number of amides is 1. The summed E-state index contributed by atoms with van der Waals surface area (Å²) in [6, 6.07) is 8.07. The molecule has 5 nitrogen and oxygen atoms in total. The van der Waals surface area contributed by atoms with Crippen LogP contribution < -0.4 is 5.32 Å². The number of nitrogens with zero attached hydrogens (tertiary/aromatic N) is 3. The average Bonchev–Trinajstić information content (AvgIpc) is 3.10. The number of carbonyl (C=O) groups is 1. The van der Waals surface area contributed by atoms with E-state index in [0.29, 0.717) is 5.69 Å². The summed E-state index contributed by atoms with van der Waals surface area (Å²) in [4.78, 5) is 14.9. The molecule has 1 aliphatic rings. The van der Waals surface area contributed by atoms with E-state index in [1.54, 1.807) is 29.1 Å². The van der Waals surface area contributed by atoms with Gasteiger partial charge in [0.05, 0.1) is 5.69 Å². The standard InChI is InChI=1S/C18H23FN4O.ClH/c1-2-12-22(15-7-10-20-11-8-15)18(24)17-9-13-23(21-17)16-5-3-14(19)4-6-16;/h3-6,9,13,15,20H,2,7-8,10-12H2,1H3;1H. The molecule has 7 heteroatoms. The summed E-state index contributed by atoms with van der Waals surface area (Å²) >= 11 is 0. The van der Waals surface area contributed by atoms with E-state index >= 15 is 0 Å². The number of hydrogen-bond acceptors (Lipinski definition) is 3. The maximum Gasteiger partial charge on any atom is 0.274 e. The minimum atomic E-state index is -0.290. The fourth-order valence-corrected chi connectivity index (χ4v) is 3.13. The van der Waals surface area contributed by atoms with Crippen molar-refractivity contribution in [3.05, 3.63) is 48.0 Å². The van der Waals surface area contributed by atoms with Crippen molar-refractivity contribution in [2.24, 2.45) is 0 Å². The summed E-state index contributed by atoms with van der Waals surface area (Å²) in [5.74, 6) is -0.313. The van der Waals surface area contributed by atoms with Gasteiger partial charge in [-0.1, -0.05) is 6.92 Å². The van der Waals surface area contributed by atoms with Crippen molar-refractivity contribution in [1.82, 2.24) is 20.0 Å². The number of rotatable bonds is 5. The summed E-state index contributed by atoms with van der Waals surface area (Å²) in [6.45, 7) is 4.72. The quantitative estimate of drug-likeness (QED) is 0.884. The number of benzene rings is 1. The van der Waals surface area contributed by atoms with Gasteiger partial charge < -0.3 is 10.2 Å². The van der Waals surface area contributed by atoms with Crippen LogP contribution in [0.3, 0.4) is 0 Å². The zero-order chi connectivity index (χ0) is 16.9. The van der Waals surface area contributed by atoms with E-state index in [1.807, 2.05) is 4.90 Å². The summed E-state index contributed by atoms with van der Waals surface area (Å²) < 4.78 is 14.6. The number of carbonyl (C=O) groups excluding carboxylic acids is 1. The summed E-state index contributed by atoms with van der Waals surface area (Å²) in [6.07, 6.45) is 4.62. The molecular formula is C18H24ClFN4O. The van der Waals surface area contributed by atoms with Crippen LogP contribution in [0.1, 0.15) is 36.7 Å². The van der Waals surface area contributed by atoms with Crippen molar-refractivity contribution >= 4 is 18.3 Å². The second-order valence-electron chi connectivity index (χ2n) is 6.10. The van der Waals surface area contributed by atoms with E-state index < -0.39 is 0 Å². The maximum atomic E-state index is 13.0. The molecule has 1 aliphatic heterocycles. The lowest BCUT2D eigenvalue weighted by Gasteiger charge is -2.34. The number of hydrogen-bond donors (Lipinski definition) is 1. The highest BCUT2D eigenvalue weighted by atomic mass is 35.5. The third-order valence-electron chi connectivity index (χ3n) is 4.37. The molecule has 2 heterocycles. The second kappa shape index (κ2) is 8.97. The molecule has 1 aromatic carbocycles. The predicted octanol–water partition coefficient (Wildman–Crippen LogP) is 3.04. The molecular weight excluding hydrogens is 343 g/mol. The van der Waals surface area contributed by atoms with Gasteiger partial charge in [0, 0.05) is 18.8 Å². The largest absolute Gasteiger partial charge is 0.334 e. The highest BCUT2D eigenvalue weighted by Gasteiger charge is 2.26. The highest BCUT2D eigenvalue weighted by molar-refractivity contribution is 5.92. The van der Waals surface area contributed by atoms with Gasteiger partial charge in [0.15, 0.2) is 5.69 Å². The van der Waals surface area contributed by atoms with Gasteiger partial charge in [-0.15, -0.1) is 12.4 Å². The van der Waals surface area contributed by atoms with Crippen LogP contribution in [-0.2, 0) is 0 Å². The van der Waals surface area contributed by atoms with Crippen LogP contribution >= 0.6 is 12.4 Å². The Morgan fingerprint density at radius 1 is 1.28 bits per heavy atom. The molecule has 0 bridgehead atoms. The maximum absolute atomic E-state index is 13.0. The van der Waals surface area contributed by atoms with E-state index in [9.17, 15) is 9.18 Å². The molecule has 3 rings (SSSR count). The first kappa shape index (κ1) is 19.4. The molecule has 1 N–H and O–H groups in total. The molecule has 1 amide bonds. The van der Waals surface area contributed by atoms with Gasteiger partial charge in [-0.25, -0.2) is 9.07 Å². The molecule has 136 valence electrons. The molecule has 0 saturated carbocycles. The first-order valence-electron chi connectivity index (χ1n) is 8.52. The monoisotopic (exact) mass is 366 g/mol. The fourth-order valence-electron chi connectivity index (χ4n) is 3.13. The molecule has 1 aromatic heterocycles. The molecule has 0 radical (unpaired) electrons. The van der Waals surface area contributed by atoms with E-state index in [4.69, 9.17) is 0 Å². The Kier molecular flexibility index (Phi) is 6.96. The van der Waals surface area contributed by atoms with Crippen LogP contribution in [0, 0.1) is 5.82 Å². The lowest BCUT2D eigenvalue weighted by molar-refractivity contribution is 0.0636. The Morgan fingerprint density at radius 2 is 1.96 bits per heavy atom. The van der Waals surface area contributed by atoms with Crippen molar-refractivity contribution in [2.45, 2.75) is 32.2 Å². The molecule has 0 unspecified atom stereocenters. The molecule has 0 atom stereocenters. The van der Waals surface area contributed by atoms with Crippen molar-refractivity contribution in [3.63, 3.8) is 0 Å². The molecule has 25 heavy (non-hydrogen) atoms. The van der Waals surface area contributed by atoms with Crippen molar-refractivity contribution in [3.8, 4) is 5.69 Å². The third kappa shape index (κ3) is 4.58. The number of piperidine rings is 1. The topological polar surface area (TPSA) is 50.2 Å². The molecule has 0 aliphatic carbocycles. The Bertz CT molecular complexity index is 683. The Labute approximate surface area is 153 Å². The van der Waals surface area contributed by atoms with Gasteiger partial charge in [0.25, 0.3) is 5.91 Å². The van der Waals surface area contributed by atoms with Gasteiger partial charge in [-0.2, -0.15) is 5.10 Å². The van der Waals surface area contributed by atoms with Gasteiger partial charge in [0.1, 0.15) is 5.82 Å². The Hall–Kier alpha value is -1.92. The third-order valence-corrected chi connectivity index (χ3v) is 4.37. The summed E-state index contributed by atoms with van der Waals surface area (Å²) in [7, 11) is 0. The van der Waals surface area contributed by atoms with E-state index in [-0.39, 0.29) is 30.2 Å². The fraction of sp³-hybridized carbons (Fsp3) is 0.444. The molecule has 1 saturated heterocycles. The van der Waals surface area contributed by atoms with Crippen molar-refractivity contribution < 1.29 is 9.18 Å². The zero-order valence-corrected chi connectivity index (χ0v) is 15.1. The minimum absolute atomic E-state index is 0. The summed E-state index contributed by atoms with van der Waals surface area (Å²) in [5.41, 5.74) is 1.17. The van der Waals surface area contributed by atoms with Crippen LogP contribution in [-0.4, -0.2) is 46.3 Å². The Balaban J connectivity index is 0.00000225. The van der Waals surface area contributed by atoms with Gasteiger partial charge in [-0.3, -0.25) is 4.79 Å². The number of halogens is 2. The van der Waals surface area contributed by atoms with Crippen LogP contribution in [0.5, 0.6) is 0 Å².